The van der Waals surface area contributed by atoms with Crippen molar-refractivity contribution < 1.29 is 0 Å². The Labute approximate surface area is 487 Å². The summed E-state index contributed by atoms with van der Waals surface area (Å²) in [6.07, 6.45) is 4.64. The van der Waals surface area contributed by atoms with E-state index < -0.39 is 0 Å². The predicted molar refractivity (Wildman–Crippen MR) is 352 cm³/mol. The monoisotopic (exact) mass is 1070 g/mol. The first-order valence-corrected chi connectivity index (χ1v) is 30.4. The molecule has 0 bridgehead atoms. The lowest BCUT2D eigenvalue weighted by molar-refractivity contribution is 0.332. The molecule has 4 aliphatic rings. The summed E-state index contributed by atoms with van der Waals surface area (Å²) in [5.74, 6) is 0. The molecule has 0 N–H and O–H groups in total. The van der Waals surface area contributed by atoms with Gasteiger partial charge in [0, 0.05) is 51.1 Å². The van der Waals surface area contributed by atoms with Crippen LogP contribution in [-0.2, 0) is 37.9 Å². The predicted octanol–water partition coefficient (Wildman–Crippen LogP) is 19.8. The minimum absolute atomic E-state index is 0.00267. The highest BCUT2D eigenvalue weighted by atomic mass is 15.2. The zero-order valence-electron chi connectivity index (χ0n) is 52.3. The Balaban J connectivity index is 1.23. The molecule has 0 fully saturated rings. The van der Waals surface area contributed by atoms with Crippen LogP contribution in [0.1, 0.15) is 188 Å². The largest absolute Gasteiger partial charge is 0.311 e. The van der Waals surface area contributed by atoms with E-state index in [9.17, 15) is 0 Å². The molecule has 3 nitrogen and oxygen atoms in total. The van der Waals surface area contributed by atoms with E-state index in [1.54, 1.807) is 0 Å². The molecular weight excluding hydrogens is 978 g/mol. The van der Waals surface area contributed by atoms with E-state index >= 15 is 0 Å². The van der Waals surface area contributed by atoms with E-state index in [-0.39, 0.29) is 44.6 Å². The molecule has 0 unspecified atom stereocenters. The molecule has 12 rings (SSSR count). The van der Waals surface area contributed by atoms with Gasteiger partial charge in [0.1, 0.15) is 0 Å². The first-order chi connectivity index (χ1) is 37.9. The molecule has 0 atom stereocenters. The van der Waals surface area contributed by atoms with E-state index in [0.717, 1.165) is 29.9 Å². The molecule has 2 aliphatic carbocycles. The normalized spacial score (nSPS) is 17.4. The van der Waals surface area contributed by atoms with Gasteiger partial charge in [-0.05, 0) is 216 Å². The Morgan fingerprint density at radius 3 is 1.36 bits per heavy atom. The highest BCUT2D eigenvalue weighted by Gasteiger charge is 2.48. The summed E-state index contributed by atoms with van der Waals surface area (Å²) in [6, 6.07) is 62.2. The third-order valence-corrected chi connectivity index (χ3v) is 19.7. The number of aryl methyl sites for hydroxylation is 1. The maximum absolute atomic E-state index is 2.76. The van der Waals surface area contributed by atoms with Crippen molar-refractivity contribution in [2.75, 3.05) is 14.7 Å². The Hall–Kier alpha value is -6.78. The van der Waals surface area contributed by atoms with Crippen molar-refractivity contribution in [2.45, 2.75) is 188 Å². The zero-order chi connectivity index (χ0) is 57.7. The molecule has 0 amide bonds. The van der Waals surface area contributed by atoms with Crippen LogP contribution in [0.15, 0.2) is 158 Å². The Morgan fingerprint density at radius 2 is 0.827 bits per heavy atom. The van der Waals surface area contributed by atoms with Crippen molar-refractivity contribution in [2.24, 2.45) is 0 Å². The van der Waals surface area contributed by atoms with Gasteiger partial charge in [-0.3, -0.25) is 0 Å². The summed E-state index contributed by atoms with van der Waals surface area (Å²) in [7, 11) is 0. The second-order valence-electron chi connectivity index (χ2n) is 30.5. The van der Waals surface area contributed by atoms with Crippen LogP contribution in [0.4, 0.5) is 51.2 Å². The van der Waals surface area contributed by atoms with E-state index in [4.69, 9.17) is 0 Å². The fraction of sp³-hybridized carbons (Fsp3) is 0.377. The fourth-order valence-corrected chi connectivity index (χ4v) is 14.3. The smallest absolute Gasteiger partial charge is 0.252 e. The molecule has 0 saturated carbocycles. The van der Waals surface area contributed by atoms with Crippen LogP contribution in [0.5, 0.6) is 0 Å². The molecule has 0 radical (unpaired) electrons. The van der Waals surface area contributed by atoms with Crippen molar-refractivity contribution in [1.82, 2.24) is 0 Å². The van der Waals surface area contributed by atoms with Gasteiger partial charge >= 0.3 is 0 Å². The molecule has 0 spiro atoms. The summed E-state index contributed by atoms with van der Waals surface area (Å²) in [5, 5.41) is 0. The van der Waals surface area contributed by atoms with Crippen molar-refractivity contribution in [3.05, 3.63) is 202 Å². The molecule has 4 heteroatoms. The zero-order valence-corrected chi connectivity index (χ0v) is 52.3. The van der Waals surface area contributed by atoms with Gasteiger partial charge in [0.2, 0.25) is 0 Å². The number of hydrogen-bond acceptors (Lipinski definition) is 3. The van der Waals surface area contributed by atoms with Gasteiger partial charge < -0.3 is 14.7 Å². The SMILES string of the molecule is Cc1cc(C(C)(C)C)ccc1N1c2ccc(N(c3ccccc3)c3ccccc3)cc2B2c3cc4c(cc3N(c3ccc(C(C)(C)C)cc3-c3ccc5c(c3)C(C)(C)CCC5(C)C)c3cc(C(C)(C)C)cc1c32)C(C)(C)CCC4(C)C. The standard InChI is InChI=1S/C77H88BN3/c1-49-41-51(71(2,3)4)30-34-64(49)80-66-36-32-56(79(54-25-21-19-22-26-54)55-27-23-20-24-28-55)46-62(66)78-63-47-60-61(77(17,18)40-39-76(60,15)16)48-67(63)81(69-45-53(73(8,9)10)44-68(80)70(69)78)65-35-31-52(72(5,6)7)43-57(65)50-29-33-58-59(42-50)75(13,14)38-37-74(58,11)12/h19-36,41-48H,37-40H2,1-18H3. The first-order valence-electron chi connectivity index (χ1n) is 30.4. The lowest BCUT2D eigenvalue weighted by atomic mass is 9.33. The number of para-hydroxylation sites is 2. The second-order valence-corrected chi connectivity index (χ2v) is 30.5. The van der Waals surface area contributed by atoms with Gasteiger partial charge in [0.15, 0.2) is 0 Å². The number of nitrogens with zero attached hydrogens (tertiary/aromatic N) is 3. The second kappa shape index (κ2) is 18.6. The average Bonchev–Trinajstić information content (AvgIpc) is 3.09. The van der Waals surface area contributed by atoms with Crippen LogP contribution in [-0.4, -0.2) is 6.71 Å². The highest BCUT2D eigenvalue weighted by molar-refractivity contribution is 7.00. The number of hydrogen-bond donors (Lipinski definition) is 0. The van der Waals surface area contributed by atoms with Crippen LogP contribution < -0.4 is 31.1 Å². The third kappa shape index (κ3) is 9.17. The first kappa shape index (κ1) is 54.8. The van der Waals surface area contributed by atoms with Gasteiger partial charge in [-0.15, -0.1) is 0 Å². The van der Waals surface area contributed by atoms with Crippen LogP contribution in [0, 0.1) is 6.92 Å². The summed E-state index contributed by atoms with van der Waals surface area (Å²) in [6.45, 7) is 43.4. The molecule has 81 heavy (non-hydrogen) atoms. The van der Waals surface area contributed by atoms with Crippen LogP contribution in [0.3, 0.4) is 0 Å². The average molecular weight is 1070 g/mol. The Kier molecular flexibility index (Phi) is 12.6. The maximum Gasteiger partial charge on any atom is 0.252 e. The quantitative estimate of drug-likeness (QED) is 0.154. The van der Waals surface area contributed by atoms with Crippen molar-refractivity contribution in [1.29, 1.82) is 0 Å². The van der Waals surface area contributed by atoms with Crippen LogP contribution >= 0.6 is 0 Å². The molecular formula is C77H88BN3. The minimum atomic E-state index is -0.169. The Bertz CT molecular complexity index is 3760. The summed E-state index contributed by atoms with van der Waals surface area (Å²) >= 11 is 0. The number of rotatable bonds is 6. The van der Waals surface area contributed by atoms with Gasteiger partial charge in [0.05, 0.1) is 5.69 Å². The molecule has 2 aliphatic heterocycles. The van der Waals surface area contributed by atoms with E-state index in [2.05, 4.69) is 297 Å². The number of anilines is 9. The minimum Gasteiger partial charge on any atom is -0.311 e. The molecule has 8 aromatic carbocycles. The summed E-state index contributed by atoms with van der Waals surface area (Å²) in [4.78, 5) is 7.87. The summed E-state index contributed by atoms with van der Waals surface area (Å²) in [5.41, 5.74) is 28.6. The van der Waals surface area contributed by atoms with Crippen molar-refractivity contribution in [3.63, 3.8) is 0 Å². The van der Waals surface area contributed by atoms with Crippen molar-refractivity contribution in [3.8, 4) is 11.1 Å². The van der Waals surface area contributed by atoms with E-state index in [1.165, 1.54) is 119 Å². The highest BCUT2D eigenvalue weighted by Crippen LogP contribution is 2.55. The van der Waals surface area contributed by atoms with E-state index in [0.29, 0.717) is 0 Å². The topological polar surface area (TPSA) is 9.72 Å². The molecule has 414 valence electrons. The molecule has 2 heterocycles. The third-order valence-electron chi connectivity index (χ3n) is 19.7. The molecule has 0 saturated heterocycles. The summed E-state index contributed by atoms with van der Waals surface area (Å²) < 4.78 is 0. The van der Waals surface area contributed by atoms with Crippen LogP contribution in [0.25, 0.3) is 11.1 Å². The number of benzene rings is 8. The molecule has 0 aromatic heterocycles. The van der Waals surface area contributed by atoms with Gasteiger partial charge in [-0.25, -0.2) is 0 Å². The fourth-order valence-electron chi connectivity index (χ4n) is 14.3. The maximum atomic E-state index is 2.76. The lowest BCUT2D eigenvalue weighted by Crippen LogP contribution is -2.62. The van der Waals surface area contributed by atoms with E-state index in [1.807, 2.05) is 0 Å². The Morgan fingerprint density at radius 1 is 0.370 bits per heavy atom. The van der Waals surface area contributed by atoms with Gasteiger partial charge in [-0.1, -0.05) is 197 Å². The lowest BCUT2D eigenvalue weighted by Gasteiger charge is -2.48. The number of fused-ring (bicyclic) bond motifs is 6. The van der Waals surface area contributed by atoms with Gasteiger partial charge in [-0.2, -0.15) is 0 Å². The van der Waals surface area contributed by atoms with Crippen molar-refractivity contribution >= 4 is 74.3 Å². The molecule has 8 aromatic rings. The van der Waals surface area contributed by atoms with Crippen LogP contribution in [0.2, 0.25) is 0 Å². The van der Waals surface area contributed by atoms with Gasteiger partial charge in [0.25, 0.3) is 6.71 Å².